The fourth-order valence-electron chi connectivity index (χ4n) is 5.02. The number of aliphatic carboxylic acids is 1. The maximum Gasteiger partial charge on any atom is 0.472 e. The van der Waals surface area contributed by atoms with Gasteiger partial charge < -0.3 is 30.3 Å². The molecule has 0 heterocycles. The molecule has 0 rings (SSSR count). The molecule has 0 aromatic rings. The van der Waals surface area contributed by atoms with Gasteiger partial charge in [0.05, 0.1) is 19.3 Å². The number of carbonyl (C=O) groups is 3. The number of nitrogens with two attached hydrogens (primary N) is 1. The summed E-state index contributed by atoms with van der Waals surface area (Å²) in [4.78, 5) is 45.9. The molecule has 0 saturated heterocycles. The van der Waals surface area contributed by atoms with Crippen molar-refractivity contribution in [1.82, 2.24) is 0 Å². The number of esters is 2. The summed E-state index contributed by atoms with van der Waals surface area (Å²) < 4.78 is 32.5. The number of phosphoric ester groups is 1. The Kier molecular flexibility index (Phi) is 37.3. The van der Waals surface area contributed by atoms with E-state index in [0.717, 1.165) is 32.1 Å². The Morgan fingerprint density at radius 2 is 1.15 bits per heavy atom. The Balaban J connectivity index is 4.64. The molecule has 0 spiro atoms. The molecule has 0 radical (unpaired) electrons. The van der Waals surface area contributed by atoms with Crippen molar-refractivity contribution in [2.24, 2.45) is 5.73 Å². The Bertz CT molecular complexity index is 1380. The highest BCUT2D eigenvalue weighted by Gasteiger charge is 2.28. The standard InChI is InChI=1S/C46H74NO11P/c1-3-5-7-9-11-12-13-14-15-16-17-18-19-20-24-28-32-36-44(49)55-38-42(39-56-59(53,54)57-40-43(47)46(51)52)58-45(50)37-33-29-25-22-21-23-27-31-35-41(48)34-30-26-10-8-6-4-2/h6,8,14-15,17-18,20,22-27,30-31,35,41-43,48H,3-5,7,9-13,16,19,21,28-29,32-34,36-40,47H2,1-2H3,(H,51,52)(H,53,54)/b8-6-,15-14-,18-17-,24-20-,25-22-,27-23-,30-26-,35-31+/t41?,42-,43+/m1/s1. The number of allylic oxidation sites excluding steroid dienone is 14. The number of aliphatic hydroxyl groups excluding tert-OH is 1. The Morgan fingerprint density at radius 3 is 1.78 bits per heavy atom. The second kappa shape index (κ2) is 39.8. The van der Waals surface area contributed by atoms with Crippen LogP contribution in [0.25, 0.3) is 0 Å². The van der Waals surface area contributed by atoms with Gasteiger partial charge in [0.1, 0.15) is 12.6 Å². The molecular weight excluding hydrogens is 773 g/mol. The highest BCUT2D eigenvalue weighted by atomic mass is 31.2. The predicted molar refractivity (Wildman–Crippen MR) is 236 cm³/mol. The molecule has 5 N–H and O–H groups in total. The van der Waals surface area contributed by atoms with Gasteiger partial charge in [-0.2, -0.15) is 0 Å². The minimum Gasteiger partial charge on any atom is -0.480 e. The van der Waals surface area contributed by atoms with E-state index in [0.29, 0.717) is 38.5 Å². The van der Waals surface area contributed by atoms with Crippen molar-refractivity contribution in [2.45, 2.75) is 154 Å². The first-order chi connectivity index (χ1) is 28.5. The fraction of sp³-hybridized carbons (Fsp3) is 0.587. The summed E-state index contributed by atoms with van der Waals surface area (Å²) in [6, 6.07) is -1.55. The Morgan fingerprint density at radius 1 is 0.627 bits per heavy atom. The lowest BCUT2D eigenvalue weighted by atomic mass is 10.1. The first kappa shape index (κ1) is 55.4. The van der Waals surface area contributed by atoms with Crippen LogP contribution in [-0.4, -0.2) is 71.1 Å². The van der Waals surface area contributed by atoms with Gasteiger partial charge in [-0.05, 0) is 77.0 Å². The zero-order chi connectivity index (χ0) is 43.7. The van der Waals surface area contributed by atoms with E-state index in [4.69, 9.17) is 24.8 Å². The molecule has 0 amide bonds. The van der Waals surface area contributed by atoms with Crippen molar-refractivity contribution >= 4 is 25.7 Å². The molecule has 4 atom stereocenters. The third-order valence-electron chi connectivity index (χ3n) is 8.40. The third kappa shape index (κ3) is 39.6. The van der Waals surface area contributed by atoms with Crippen LogP contribution in [-0.2, 0) is 37.5 Å². The normalized spacial score (nSPS) is 15.2. The number of carboxylic acids is 1. The van der Waals surface area contributed by atoms with Crippen LogP contribution >= 0.6 is 7.82 Å². The summed E-state index contributed by atoms with van der Waals surface area (Å²) in [5, 5.41) is 18.9. The fourth-order valence-corrected chi connectivity index (χ4v) is 5.80. The van der Waals surface area contributed by atoms with Crippen molar-refractivity contribution in [2.75, 3.05) is 19.8 Å². The monoisotopic (exact) mass is 847 g/mol. The van der Waals surface area contributed by atoms with Gasteiger partial charge in [0.2, 0.25) is 0 Å². The van der Waals surface area contributed by atoms with Crippen LogP contribution in [0.4, 0.5) is 0 Å². The van der Waals surface area contributed by atoms with E-state index in [-0.39, 0.29) is 12.8 Å². The van der Waals surface area contributed by atoms with Gasteiger partial charge in [0, 0.05) is 12.8 Å². The second-order valence-electron chi connectivity index (χ2n) is 13.9. The van der Waals surface area contributed by atoms with Gasteiger partial charge in [0.25, 0.3) is 0 Å². The van der Waals surface area contributed by atoms with Gasteiger partial charge in [-0.25, -0.2) is 4.57 Å². The van der Waals surface area contributed by atoms with E-state index in [1.807, 2.05) is 48.6 Å². The molecule has 12 nitrogen and oxygen atoms in total. The van der Waals surface area contributed by atoms with Crippen LogP contribution in [0.15, 0.2) is 97.2 Å². The molecule has 0 aromatic carbocycles. The molecular formula is C46H74NO11P. The summed E-state index contributed by atoms with van der Waals surface area (Å²) in [6.07, 6.45) is 46.6. The average molecular weight is 848 g/mol. The average Bonchev–Trinajstić information content (AvgIpc) is 3.21. The lowest BCUT2D eigenvalue weighted by molar-refractivity contribution is -0.161. The summed E-state index contributed by atoms with van der Waals surface area (Å²) in [7, 11) is -4.76. The number of rotatable bonds is 38. The molecule has 334 valence electrons. The van der Waals surface area contributed by atoms with Crippen molar-refractivity contribution in [3.8, 4) is 0 Å². The number of hydrogen-bond donors (Lipinski definition) is 4. The smallest absolute Gasteiger partial charge is 0.472 e. The number of carboxylic acid groups (broad SMARTS) is 1. The van der Waals surface area contributed by atoms with Gasteiger partial charge in [0.15, 0.2) is 6.10 Å². The Labute approximate surface area is 354 Å². The van der Waals surface area contributed by atoms with Crippen LogP contribution in [0, 0.1) is 0 Å². The molecule has 2 unspecified atom stereocenters. The summed E-state index contributed by atoms with van der Waals surface area (Å²) in [6.45, 7) is 2.46. The van der Waals surface area contributed by atoms with Crippen LogP contribution in [0.1, 0.15) is 136 Å². The van der Waals surface area contributed by atoms with E-state index in [1.54, 1.807) is 12.2 Å². The van der Waals surface area contributed by atoms with Gasteiger partial charge in [-0.3, -0.25) is 23.4 Å². The van der Waals surface area contributed by atoms with E-state index < -0.39 is 63.8 Å². The van der Waals surface area contributed by atoms with E-state index in [2.05, 4.69) is 54.8 Å². The topological polar surface area (TPSA) is 192 Å². The number of phosphoric acid groups is 1. The molecule has 13 heteroatoms. The number of carbonyl (C=O) groups excluding carboxylic acids is 2. The molecule has 0 aliphatic heterocycles. The lowest BCUT2D eigenvalue weighted by Crippen LogP contribution is -2.34. The van der Waals surface area contributed by atoms with Crippen molar-refractivity contribution in [1.29, 1.82) is 0 Å². The van der Waals surface area contributed by atoms with E-state index in [1.165, 1.54) is 38.5 Å². The number of hydrogen-bond acceptors (Lipinski definition) is 10. The molecule has 0 aromatic heterocycles. The first-order valence-corrected chi connectivity index (χ1v) is 22.9. The lowest BCUT2D eigenvalue weighted by Gasteiger charge is -2.20. The highest BCUT2D eigenvalue weighted by Crippen LogP contribution is 2.43. The number of aliphatic hydroxyl groups is 1. The molecule has 0 fully saturated rings. The largest absolute Gasteiger partial charge is 0.480 e. The van der Waals surface area contributed by atoms with E-state index >= 15 is 0 Å². The summed E-state index contributed by atoms with van der Waals surface area (Å²) in [5.74, 6) is -2.58. The number of ether oxygens (including phenoxy) is 2. The third-order valence-corrected chi connectivity index (χ3v) is 9.35. The molecule has 59 heavy (non-hydrogen) atoms. The van der Waals surface area contributed by atoms with Crippen molar-refractivity contribution < 1.29 is 52.6 Å². The zero-order valence-electron chi connectivity index (χ0n) is 35.7. The SMILES string of the molecule is CC/C=C\C/C=C\CC(O)/C=C/C=C\C/C=C\CCCC(=O)O[C@H](COC(=O)CCC/C=C\C/C=C\C/C=C\CCCCCCCC)COP(=O)(O)OC[C@H](N)C(=O)O. The van der Waals surface area contributed by atoms with Crippen LogP contribution < -0.4 is 5.73 Å². The predicted octanol–water partition coefficient (Wildman–Crippen LogP) is 10.2. The highest BCUT2D eigenvalue weighted by molar-refractivity contribution is 7.47. The Hall–Kier alpha value is -3.64. The molecule has 0 aliphatic rings. The number of unbranched alkanes of at least 4 members (excludes halogenated alkanes) is 8. The quantitative estimate of drug-likeness (QED) is 0.0151. The minimum absolute atomic E-state index is 0.0345. The van der Waals surface area contributed by atoms with Crippen LogP contribution in [0.3, 0.4) is 0 Å². The van der Waals surface area contributed by atoms with Gasteiger partial charge in [-0.15, -0.1) is 0 Å². The van der Waals surface area contributed by atoms with Crippen LogP contribution in [0.2, 0.25) is 0 Å². The molecule has 0 saturated carbocycles. The van der Waals surface area contributed by atoms with Gasteiger partial charge in [-0.1, -0.05) is 143 Å². The van der Waals surface area contributed by atoms with Crippen molar-refractivity contribution in [3.05, 3.63) is 97.2 Å². The van der Waals surface area contributed by atoms with Crippen molar-refractivity contribution in [3.63, 3.8) is 0 Å². The maximum atomic E-state index is 12.6. The summed E-state index contributed by atoms with van der Waals surface area (Å²) in [5.41, 5.74) is 5.32. The van der Waals surface area contributed by atoms with Crippen LogP contribution in [0.5, 0.6) is 0 Å². The van der Waals surface area contributed by atoms with Gasteiger partial charge >= 0.3 is 25.7 Å². The molecule has 0 bridgehead atoms. The summed E-state index contributed by atoms with van der Waals surface area (Å²) >= 11 is 0. The first-order valence-electron chi connectivity index (χ1n) is 21.4. The second-order valence-corrected chi connectivity index (χ2v) is 15.4. The maximum absolute atomic E-state index is 12.6. The zero-order valence-corrected chi connectivity index (χ0v) is 36.6. The van der Waals surface area contributed by atoms with E-state index in [9.17, 15) is 28.9 Å². The molecule has 0 aliphatic carbocycles. The minimum atomic E-state index is -4.76.